The number of nitriles is 1. The molecule has 112 valence electrons. The minimum Gasteiger partial charge on any atom is -0.485 e. The molecule has 0 saturated carbocycles. The van der Waals surface area contributed by atoms with Gasteiger partial charge < -0.3 is 15.2 Å². The van der Waals surface area contributed by atoms with Crippen molar-refractivity contribution in [1.29, 1.82) is 5.26 Å². The fourth-order valence-corrected chi connectivity index (χ4v) is 1.75. The summed E-state index contributed by atoms with van der Waals surface area (Å²) >= 11 is 5.67. The molecule has 5 nitrogen and oxygen atoms in total. The SMILES string of the molecule is C=CC(CCCNC(=O)O)Oc1cc(Cl)c(F)cc1C#N. The average molecular weight is 313 g/mol. The predicted octanol–water partition coefficient (Wildman–Crippen LogP) is 3.33. The smallest absolute Gasteiger partial charge is 0.404 e. The van der Waals surface area contributed by atoms with Gasteiger partial charge in [0.2, 0.25) is 0 Å². The van der Waals surface area contributed by atoms with E-state index in [-0.39, 0.29) is 22.9 Å². The standard InChI is InChI=1S/C14H14ClFN2O3/c1-2-10(4-3-5-18-14(19)20)21-13-7-11(15)12(16)6-9(13)8-17/h2,6-7,10,18H,1,3-5H2,(H,19,20). The molecule has 0 aliphatic carbocycles. The quantitative estimate of drug-likeness (QED) is 0.597. The Morgan fingerprint density at radius 1 is 1.67 bits per heavy atom. The van der Waals surface area contributed by atoms with E-state index in [1.54, 1.807) is 0 Å². The molecule has 0 bridgehead atoms. The van der Waals surface area contributed by atoms with E-state index < -0.39 is 18.0 Å². The molecular weight excluding hydrogens is 299 g/mol. The van der Waals surface area contributed by atoms with E-state index in [0.717, 1.165) is 6.07 Å². The molecule has 1 amide bonds. The second-order valence-corrected chi connectivity index (χ2v) is 4.55. The Balaban J connectivity index is 2.69. The number of amides is 1. The van der Waals surface area contributed by atoms with E-state index in [2.05, 4.69) is 11.9 Å². The monoisotopic (exact) mass is 312 g/mol. The van der Waals surface area contributed by atoms with Gasteiger partial charge in [-0.3, -0.25) is 0 Å². The third-order valence-electron chi connectivity index (χ3n) is 2.63. The number of carbonyl (C=O) groups is 1. The van der Waals surface area contributed by atoms with E-state index in [9.17, 15) is 9.18 Å². The van der Waals surface area contributed by atoms with Crippen LogP contribution in [0.25, 0.3) is 0 Å². The van der Waals surface area contributed by atoms with Crippen LogP contribution in [0.4, 0.5) is 9.18 Å². The van der Waals surface area contributed by atoms with Crippen LogP contribution in [0.1, 0.15) is 18.4 Å². The Hall–Kier alpha value is -2.26. The number of nitrogens with one attached hydrogen (secondary N) is 1. The molecule has 0 aliphatic rings. The molecule has 1 aromatic carbocycles. The number of ether oxygens (including phenoxy) is 1. The van der Waals surface area contributed by atoms with Crippen molar-refractivity contribution in [3.8, 4) is 11.8 Å². The number of benzene rings is 1. The Kier molecular flexibility index (Phi) is 6.50. The summed E-state index contributed by atoms with van der Waals surface area (Å²) in [5.41, 5.74) is 0.0346. The van der Waals surface area contributed by atoms with E-state index >= 15 is 0 Å². The zero-order valence-corrected chi connectivity index (χ0v) is 11.9. The second kappa shape index (κ2) is 8.12. The highest BCUT2D eigenvalue weighted by Crippen LogP contribution is 2.27. The Morgan fingerprint density at radius 3 is 2.95 bits per heavy atom. The van der Waals surface area contributed by atoms with Gasteiger partial charge in [-0.1, -0.05) is 24.3 Å². The lowest BCUT2D eigenvalue weighted by Crippen LogP contribution is -2.23. The fourth-order valence-electron chi connectivity index (χ4n) is 1.60. The molecular formula is C14H14ClFN2O3. The zero-order valence-electron chi connectivity index (χ0n) is 11.1. The topological polar surface area (TPSA) is 82.3 Å². The van der Waals surface area contributed by atoms with Gasteiger partial charge in [0.1, 0.15) is 23.7 Å². The van der Waals surface area contributed by atoms with Crippen LogP contribution < -0.4 is 10.1 Å². The summed E-state index contributed by atoms with van der Waals surface area (Å²) in [6.45, 7) is 3.89. The van der Waals surface area contributed by atoms with Crippen LogP contribution in [0.3, 0.4) is 0 Å². The fraction of sp³-hybridized carbons (Fsp3) is 0.286. The largest absolute Gasteiger partial charge is 0.485 e. The van der Waals surface area contributed by atoms with Gasteiger partial charge in [-0.05, 0) is 18.9 Å². The third-order valence-corrected chi connectivity index (χ3v) is 2.92. The van der Waals surface area contributed by atoms with E-state index in [4.69, 9.17) is 26.7 Å². The lowest BCUT2D eigenvalue weighted by molar-refractivity contribution is 0.192. The summed E-state index contributed by atoms with van der Waals surface area (Å²) in [5.74, 6) is -0.527. The number of halogens is 2. The Morgan fingerprint density at radius 2 is 2.38 bits per heavy atom. The predicted molar refractivity (Wildman–Crippen MR) is 76.0 cm³/mol. The van der Waals surface area contributed by atoms with Crippen molar-refractivity contribution in [2.24, 2.45) is 0 Å². The molecule has 21 heavy (non-hydrogen) atoms. The van der Waals surface area contributed by atoms with Crippen LogP contribution in [0.5, 0.6) is 5.75 Å². The number of nitrogens with zero attached hydrogens (tertiary/aromatic N) is 1. The first-order chi connectivity index (χ1) is 9.97. The Bertz CT molecular complexity index is 572. The van der Waals surface area contributed by atoms with Gasteiger partial charge in [0.15, 0.2) is 0 Å². The average Bonchev–Trinajstić information content (AvgIpc) is 2.45. The van der Waals surface area contributed by atoms with E-state index in [0.29, 0.717) is 12.8 Å². The molecule has 1 atom stereocenters. The van der Waals surface area contributed by atoms with Crippen molar-refractivity contribution in [1.82, 2.24) is 5.32 Å². The Labute approximate surface area is 126 Å². The molecule has 0 aromatic heterocycles. The van der Waals surface area contributed by atoms with Crippen molar-refractivity contribution < 1.29 is 19.0 Å². The van der Waals surface area contributed by atoms with Gasteiger partial charge in [-0.25, -0.2) is 9.18 Å². The first kappa shape index (κ1) is 16.8. The van der Waals surface area contributed by atoms with Gasteiger partial charge in [0.05, 0.1) is 10.6 Å². The molecule has 0 heterocycles. The summed E-state index contributed by atoms with van der Waals surface area (Å²) in [7, 11) is 0. The third kappa shape index (κ3) is 5.32. The van der Waals surface area contributed by atoms with E-state index in [1.165, 1.54) is 12.1 Å². The van der Waals surface area contributed by atoms with Crippen LogP contribution in [-0.2, 0) is 0 Å². The molecule has 2 N–H and O–H groups in total. The molecule has 0 fully saturated rings. The van der Waals surface area contributed by atoms with Gasteiger partial charge in [0.25, 0.3) is 0 Å². The maximum absolute atomic E-state index is 13.3. The summed E-state index contributed by atoms with van der Waals surface area (Å²) < 4.78 is 18.8. The number of rotatable bonds is 7. The van der Waals surface area contributed by atoms with Crippen LogP contribution in [-0.4, -0.2) is 23.8 Å². The molecule has 0 radical (unpaired) electrons. The molecule has 0 aliphatic heterocycles. The van der Waals surface area contributed by atoms with E-state index in [1.807, 2.05) is 6.07 Å². The van der Waals surface area contributed by atoms with Crippen molar-refractivity contribution in [2.45, 2.75) is 18.9 Å². The number of carboxylic acid groups (broad SMARTS) is 1. The normalized spacial score (nSPS) is 11.3. The number of hydrogen-bond acceptors (Lipinski definition) is 3. The maximum atomic E-state index is 13.3. The molecule has 1 rings (SSSR count). The highest BCUT2D eigenvalue weighted by atomic mass is 35.5. The first-order valence-corrected chi connectivity index (χ1v) is 6.51. The summed E-state index contributed by atoms with van der Waals surface area (Å²) in [5, 5.41) is 19.5. The second-order valence-electron chi connectivity index (χ2n) is 4.14. The minimum atomic E-state index is -1.09. The molecule has 1 unspecified atom stereocenters. The molecule has 0 saturated heterocycles. The van der Waals surface area contributed by atoms with Crippen LogP contribution in [0, 0.1) is 17.1 Å². The van der Waals surface area contributed by atoms with Gasteiger partial charge >= 0.3 is 6.09 Å². The van der Waals surface area contributed by atoms with Crippen LogP contribution >= 0.6 is 11.6 Å². The molecule has 7 heteroatoms. The summed E-state index contributed by atoms with van der Waals surface area (Å²) in [4.78, 5) is 10.3. The maximum Gasteiger partial charge on any atom is 0.404 e. The molecule has 0 spiro atoms. The van der Waals surface area contributed by atoms with Crippen molar-refractivity contribution in [2.75, 3.05) is 6.54 Å². The van der Waals surface area contributed by atoms with Gasteiger partial charge in [-0.15, -0.1) is 0 Å². The highest BCUT2D eigenvalue weighted by molar-refractivity contribution is 6.30. The van der Waals surface area contributed by atoms with Gasteiger partial charge in [0, 0.05) is 12.6 Å². The van der Waals surface area contributed by atoms with Gasteiger partial charge in [-0.2, -0.15) is 5.26 Å². The van der Waals surface area contributed by atoms with Crippen LogP contribution in [0.15, 0.2) is 24.8 Å². The van der Waals surface area contributed by atoms with Crippen LogP contribution in [0.2, 0.25) is 5.02 Å². The minimum absolute atomic E-state index is 0.0346. The first-order valence-electron chi connectivity index (χ1n) is 6.13. The van der Waals surface area contributed by atoms with Crippen molar-refractivity contribution in [3.05, 3.63) is 41.2 Å². The summed E-state index contributed by atoms with van der Waals surface area (Å²) in [6.07, 6.45) is 1.01. The highest BCUT2D eigenvalue weighted by Gasteiger charge is 2.13. The lowest BCUT2D eigenvalue weighted by atomic mass is 10.1. The molecule has 1 aromatic rings. The van der Waals surface area contributed by atoms with Crippen molar-refractivity contribution >= 4 is 17.7 Å². The zero-order chi connectivity index (χ0) is 15.8. The number of hydrogen-bond donors (Lipinski definition) is 2. The van der Waals surface area contributed by atoms with Crippen molar-refractivity contribution in [3.63, 3.8) is 0 Å². The lowest BCUT2D eigenvalue weighted by Gasteiger charge is -2.16. The summed E-state index contributed by atoms with van der Waals surface area (Å²) in [6, 6.07) is 4.07.